The topological polar surface area (TPSA) is 138 Å². The van der Waals surface area contributed by atoms with E-state index in [0.717, 1.165) is 0 Å². The van der Waals surface area contributed by atoms with Gasteiger partial charge in [-0.15, -0.1) is 12.4 Å². The van der Waals surface area contributed by atoms with Crippen LogP contribution >= 0.6 is 24.0 Å². The summed E-state index contributed by atoms with van der Waals surface area (Å²) in [6, 6.07) is 8.77. The zero-order chi connectivity index (χ0) is 30.6. The Morgan fingerprint density at radius 1 is 1.12 bits per heavy atom. The number of hydrogen-bond donors (Lipinski definition) is 4. The van der Waals surface area contributed by atoms with Gasteiger partial charge < -0.3 is 30.9 Å². The van der Waals surface area contributed by atoms with Crippen molar-refractivity contribution in [1.82, 2.24) is 25.5 Å². The Balaban J connectivity index is 0.00000506. The summed E-state index contributed by atoms with van der Waals surface area (Å²) >= 11 is 6.34. The second kappa shape index (κ2) is 14.2. The minimum atomic E-state index is -0.806. The second-order valence-electron chi connectivity index (χ2n) is 11.4. The summed E-state index contributed by atoms with van der Waals surface area (Å²) in [6.07, 6.45) is 2.59. The number of hydrogen-bond acceptors (Lipinski definition) is 8. The molecule has 232 valence electrons. The molecule has 43 heavy (non-hydrogen) atoms. The van der Waals surface area contributed by atoms with Gasteiger partial charge in [0.25, 0.3) is 0 Å². The summed E-state index contributed by atoms with van der Waals surface area (Å²) in [4.78, 5) is 50.5. The Labute approximate surface area is 262 Å². The van der Waals surface area contributed by atoms with Gasteiger partial charge in [-0.3, -0.25) is 14.4 Å². The number of aromatic nitrogens is 2. The summed E-state index contributed by atoms with van der Waals surface area (Å²) in [5.41, 5.74) is 1.11. The molecule has 3 amide bonds. The van der Waals surface area contributed by atoms with E-state index in [0.29, 0.717) is 58.3 Å². The van der Waals surface area contributed by atoms with Gasteiger partial charge in [-0.2, -0.15) is 0 Å². The molecule has 0 aliphatic carbocycles. The Kier molecular flexibility index (Phi) is 11.2. The Morgan fingerprint density at radius 2 is 1.84 bits per heavy atom. The fourth-order valence-corrected chi connectivity index (χ4v) is 5.06. The molecule has 0 saturated carbocycles. The molecule has 2 aromatic carbocycles. The van der Waals surface area contributed by atoms with Crippen molar-refractivity contribution in [3.05, 3.63) is 47.7 Å². The van der Waals surface area contributed by atoms with Gasteiger partial charge in [0.1, 0.15) is 30.0 Å². The molecule has 0 bridgehead atoms. The molecule has 1 aliphatic heterocycles. The van der Waals surface area contributed by atoms with Crippen LogP contribution in [0.25, 0.3) is 10.9 Å². The van der Waals surface area contributed by atoms with Crippen LogP contribution < -0.4 is 26.0 Å². The SMILES string of the molecule is CN[C@@H](C)C(=O)N[C@H](C(=O)N1CCC[C@H]1C(=O)Nc1cc2c(Nc3ccccc3Cl)ncnc2cc1OC)C(C)(C)C.Cl. The molecule has 11 nitrogen and oxygen atoms in total. The minimum absolute atomic E-state index is 0. The van der Waals surface area contributed by atoms with E-state index in [-0.39, 0.29) is 30.1 Å². The number of halogens is 2. The summed E-state index contributed by atoms with van der Waals surface area (Å²) in [6.45, 7) is 7.81. The highest BCUT2D eigenvalue weighted by Crippen LogP contribution is 2.35. The van der Waals surface area contributed by atoms with E-state index in [1.165, 1.54) is 13.4 Å². The molecule has 4 rings (SSSR count). The second-order valence-corrected chi connectivity index (χ2v) is 11.8. The van der Waals surface area contributed by atoms with Crippen LogP contribution in [0.15, 0.2) is 42.7 Å². The molecule has 13 heteroatoms. The van der Waals surface area contributed by atoms with Crippen molar-refractivity contribution in [3.63, 3.8) is 0 Å². The molecule has 2 heterocycles. The van der Waals surface area contributed by atoms with Crippen LogP contribution in [0, 0.1) is 5.41 Å². The van der Waals surface area contributed by atoms with Crippen molar-refractivity contribution in [1.29, 1.82) is 0 Å². The third kappa shape index (κ3) is 7.65. The highest BCUT2D eigenvalue weighted by molar-refractivity contribution is 6.33. The predicted molar refractivity (Wildman–Crippen MR) is 171 cm³/mol. The monoisotopic (exact) mass is 631 g/mol. The normalized spacial score (nSPS) is 16.2. The van der Waals surface area contributed by atoms with E-state index in [4.69, 9.17) is 16.3 Å². The first-order chi connectivity index (χ1) is 19.9. The Bertz CT molecular complexity index is 1480. The van der Waals surface area contributed by atoms with E-state index in [1.54, 1.807) is 37.1 Å². The van der Waals surface area contributed by atoms with Crippen molar-refractivity contribution in [2.45, 2.75) is 58.7 Å². The molecule has 0 radical (unpaired) electrons. The lowest BCUT2D eigenvalue weighted by molar-refractivity contribution is -0.143. The van der Waals surface area contributed by atoms with E-state index in [9.17, 15) is 14.4 Å². The lowest BCUT2D eigenvalue weighted by atomic mass is 9.85. The molecular formula is C30H39Cl2N7O4. The number of para-hydroxylation sites is 1. The van der Waals surface area contributed by atoms with Gasteiger partial charge in [0.2, 0.25) is 17.7 Å². The van der Waals surface area contributed by atoms with E-state index >= 15 is 0 Å². The van der Waals surface area contributed by atoms with Crippen LogP contribution in [0.5, 0.6) is 5.75 Å². The maximum absolute atomic E-state index is 13.8. The number of rotatable bonds is 9. The number of anilines is 3. The average molecular weight is 633 g/mol. The quantitative estimate of drug-likeness (QED) is 0.270. The third-order valence-corrected chi connectivity index (χ3v) is 7.74. The van der Waals surface area contributed by atoms with Crippen molar-refractivity contribution >= 4 is 69.8 Å². The highest BCUT2D eigenvalue weighted by Gasteiger charge is 2.42. The number of likely N-dealkylation sites (N-methyl/N-ethyl adjacent to an activating group) is 1. The van der Waals surface area contributed by atoms with Crippen LogP contribution in [-0.2, 0) is 14.4 Å². The summed E-state index contributed by atoms with van der Waals surface area (Å²) in [7, 11) is 3.19. The fourth-order valence-electron chi connectivity index (χ4n) is 4.87. The standard InChI is InChI=1S/C30H38ClN7O4.ClH/c1-17(32-5)27(39)37-25(30(2,3)4)29(41)38-13-9-12-23(38)28(40)36-22-14-18-21(15-24(22)42-6)33-16-34-26(18)35-20-11-8-7-10-19(20)31;/h7-8,10-11,14-17,23,25,32H,9,12-13H2,1-6H3,(H,36,40)(H,37,39)(H,33,34,35);1H/t17-,23-,25+;/m0./s1. The molecule has 3 aromatic rings. The van der Waals surface area contributed by atoms with E-state index in [2.05, 4.69) is 31.2 Å². The number of carbonyl (C=O) groups excluding carboxylic acids is 3. The number of nitrogens with one attached hydrogen (secondary N) is 4. The molecule has 1 fully saturated rings. The number of amides is 3. The van der Waals surface area contributed by atoms with Crippen LogP contribution in [0.1, 0.15) is 40.5 Å². The average Bonchev–Trinajstić information content (AvgIpc) is 3.46. The number of likely N-dealkylation sites (tertiary alicyclic amines) is 1. The molecule has 3 atom stereocenters. The lowest BCUT2D eigenvalue weighted by Gasteiger charge is -2.36. The van der Waals surface area contributed by atoms with E-state index < -0.39 is 23.5 Å². The van der Waals surface area contributed by atoms with Gasteiger partial charge in [-0.25, -0.2) is 9.97 Å². The lowest BCUT2D eigenvalue weighted by Crippen LogP contribution is -2.59. The maximum Gasteiger partial charge on any atom is 0.247 e. The summed E-state index contributed by atoms with van der Waals surface area (Å²) in [5.74, 6) is -0.00535. The molecular weight excluding hydrogens is 593 g/mol. The number of ether oxygens (including phenoxy) is 1. The van der Waals surface area contributed by atoms with Crippen molar-refractivity contribution in [3.8, 4) is 5.75 Å². The fraction of sp³-hybridized carbons (Fsp3) is 0.433. The van der Waals surface area contributed by atoms with Gasteiger partial charge in [0.15, 0.2) is 0 Å². The van der Waals surface area contributed by atoms with Crippen LogP contribution in [0.4, 0.5) is 17.2 Å². The first-order valence-corrected chi connectivity index (χ1v) is 14.3. The van der Waals surface area contributed by atoms with Gasteiger partial charge in [0.05, 0.1) is 35.1 Å². The van der Waals surface area contributed by atoms with Gasteiger partial charge in [0, 0.05) is 18.0 Å². The zero-order valence-corrected chi connectivity index (χ0v) is 26.7. The number of nitrogens with zero attached hydrogens (tertiary/aromatic N) is 3. The smallest absolute Gasteiger partial charge is 0.247 e. The van der Waals surface area contributed by atoms with Crippen LogP contribution in [0.3, 0.4) is 0 Å². The minimum Gasteiger partial charge on any atom is -0.494 e. The van der Waals surface area contributed by atoms with Crippen molar-refractivity contribution < 1.29 is 19.1 Å². The zero-order valence-electron chi connectivity index (χ0n) is 25.2. The molecule has 0 spiro atoms. The van der Waals surface area contributed by atoms with Crippen LogP contribution in [-0.4, -0.2) is 71.4 Å². The molecule has 0 unspecified atom stereocenters. The number of carbonyl (C=O) groups is 3. The Hall–Kier alpha value is -3.67. The Morgan fingerprint density at radius 3 is 2.49 bits per heavy atom. The number of benzene rings is 2. The van der Waals surface area contributed by atoms with Crippen molar-refractivity contribution in [2.24, 2.45) is 5.41 Å². The molecule has 4 N–H and O–H groups in total. The van der Waals surface area contributed by atoms with Crippen LogP contribution in [0.2, 0.25) is 5.02 Å². The molecule has 1 saturated heterocycles. The number of fused-ring (bicyclic) bond motifs is 1. The molecule has 1 aromatic heterocycles. The summed E-state index contributed by atoms with van der Waals surface area (Å²) in [5, 5.41) is 13.2. The summed E-state index contributed by atoms with van der Waals surface area (Å²) < 4.78 is 5.58. The first-order valence-electron chi connectivity index (χ1n) is 13.9. The van der Waals surface area contributed by atoms with Crippen molar-refractivity contribution in [2.75, 3.05) is 31.3 Å². The largest absolute Gasteiger partial charge is 0.494 e. The van der Waals surface area contributed by atoms with Gasteiger partial charge in [-0.05, 0) is 50.4 Å². The predicted octanol–water partition coefficient (Wildman–Crippen LogP) is 4.53. The molecule has 1 aliphatic rings. The third-order valence-electron chi connectivity index (χ3n) is 7.41. The highest BCUT2D eigenvalue weighted by atomic mass is 35.5. The van der Waals surface area contributed by atoms with E-state index in [1.807, 2.05) is 39.0 Å². The first kappa shape index (κ1) is 33.8. The van der Waals surface area contributed by atoms with Gasteiger partial charge in [-0.1, -0.05) is 44.5 Å². The maximum atomic E-state index is 13.8. The number of methoxy groups -OCH3 is 1. The van der Waals surface area contributed by atoms with Gasteiger partial charge >= 0.3 is 0 Å².